The lowest BCUT2D eigenvalue weighted by molar-refractivity contribution is -0.113. The summed E-state index contributed by atoms with van der Waals surface area (Å²) in [5, 5.41) is 0.0210. The Morgan fingerprint density at radius 1 is 1.19 bits per heavy atom. The summed E-state index contributed by atoms with van der Waals surface area (Å²) in [5.41, 5.74) is 0.579. The standard InChI is InChI=1S/C14H9FN4O2/c1-7(20)13(21)8-5-18-11-10(8)9(15)6-19-12(11)14-16-3-2-4-17-14/h2-6,18H,1H3. The Kier molecular flexibility index (Phi) is 3.02. The number of aromatic nitrogens is 4. The third kappa shape index (κ3) is 2.08. The molecule has 3 aromatic rings. The number of carbonyl (C=O) groups is 2. The van der Waals surface area contributed by atoms with Gasteiger partial charge >= 0.3 is 0 Å². The lowest BCUT2D eigenvalue weighted by atomic mass is 10.1. The fourth-order valence-corrected chi connectivity index (χ4v) is 2.07. The van der Waals surface area contributed by atoms with Crippen LogP contribution in [-0.4, -0.2) is 31.5 Å². The van der Waals surface area contributed by atoms with Crippen molar-refractivity contribution >= 4 is 22.5 Å². The van der Waals surface area contributed by atoms with Crippen LogP contribution in [0.3, 0.4) is 0 Å². The zero-order valence-corrected chi connectivity index (χ0v) is 10.9. The van der Waals surface area contributed by atoms with E-state index in [1.807, 2.05) is 0 Å². The number of H-pyrrole nitrogens is 1. The second-order valence-corrected chi connectivity index (χ2v) is 4.36. The van der Waals surface area contributed by atoms with Crippen LogP contribution in [0.2, 0.25) is 0 Å². The first kappa shape index (κ1) is 13.0. The van der Waals surface area contributed by atoms with Crippen molar-refractivity contribution in [2.24, 2.45) is 0 Å². The summed E-state index contributed by atoms with van der Waals surface area (Å²) < 4.78 is 14.0. The van der Waals surface area contributed by atoms with Gasteiger partial charge in [-0.25, -0.2) is 19.3 Å². The summed E-state index contributed by atoms with van der Waals surface area (Å²) in [7, 11) is 0. The number of nitrogens with zero attached hydrogens (tertiary/aromatic N) is 3. The van der Waals surface area contributed by atoms with Gasteiger partial charge in [0, 0.05) is 25.5 Å². The predicted octanol–water partition coefficient (Wildman–Crippen LogP) is 1.93. The Bertz CT molecular complexity index is 858. The van der Waals surface area contributed by atoms with Crippen LogP contribution >= 0.6 is 0 Å². The minimum atomic E-state index is -0.758. The van der Waals surface area contributed by atoms with Crippen molar-refractivity contribution in [3.63, 3.8) is 0 Å². The number of ketones is 2. The molecule has 3 heterocycles. The topological polar surface area (TPSA) is 88.6 Å². The smallest absolute Gasteiger partial charge is 0.230 e. The number of pyridine rings is 1. The summed E-state index contributed by atoms with van der Waals surface area (Å²) in [6.45, 7) is 1.14. The van der Waals surface area contributed by atoms with Gasteiger partial charge in [0.25, 0.3) is 0 Å². The molecule has 0 saturated heterocycles. The van der Waals surface area contributed by atoms with E-state index < -0.39 is 17.4 Å². The number of rotatable bonds is 3. The normalized spacial score (nSPS) is 10.8. The van der Waals surface area contributed by atoms with Gasteiger partial charge in [-0.05, 0) is 6.07 Å². The highest BCUT2D eigenvalue weighted by Crippen LogP contribution is 2.28. The lowest BCUT2D eigenvalue weighted by Gasteiger charge is -2.02. The molecule has 21 heavy (non-hydrogen) atoms. The van der Waals surface area contributed by atoms with Crippen molar-refractivity contribution in [2.75, 3.05) is 0 Å². The second-order valence-electron chi connectivity index (χ2n) is 4.36. The number of carbonyl (C=O) groups excluding carboxylic acids is 2. The molecule has 3 rings (SSSR count). The Labute approximate surface area is 118 Å². The summed E-state index contributed by atoms with van der Waals surface area (Å²) in [6, 6.07) is 1.64. The first-order valence-corrected chi connectivity index (χ1v) is 6.08. The molecule has 7 heteroatoms. The first-order chi connectivity index (χ1) is 10.1. The van der Waals surface area contributed by atoms with E-state index in [1.165, 1.54) is 18.6 Å². The molecule has 0 saturated carbocycles. The van der Waals surface area contributed by atoms with Crippen molar-refractivity contribution in [3.05, 3.63) is 42.2 Å². The number of aromatic amines is 1. The Hall–Kier alpha value is -2.96. The van der Waals surface area contributed by atoms with Crippen molar-refractivity contribution in [1.29, 1.82) is 0 Å². The monoisotopic (exact) mass is 284 g/mol. The van der Waals surface area contributed by atoms with Crippen LogP contribution in [0.4, 0.5) is 4.39 Å². The molecule has 6 nitrogen and oxygen atoms in total. The molecule has 0 aliphatic heterocycles. The quantitative estimate of drug-likeness (QED) is 0.586. The van der Waals surface area contributed by atoms with Crippen LogP contribution in [0.15, 0.2) is 30.9 Å². The third-order valence-electron chi connectivity index (χ3n) is 3.00. The summed E-state index contributed by atoms with van der Waals surface area (Å²) in [4.78, 5) is 37.9. The van der Waals surface area contributed by atoms with E-state index in [0.717, 1.165) is 13.1 Å². The van der Waals surface area contributed by atoms with Gasteiger partial charge in [-0.2, -0.15) is 0 Å². The van der Waals surface area contributed by atoms with Gasteiger partial charge in [-0.3, -0.25) is 9.59 Å². The van der Waals surface area contributed by atoms with Gasteiger partial charge in [-0.15, -0.1) is 0 Å². The average Bonchev–Trinajstić information content (AvgIpc) is 2.93. The maximum Gasteiger partial charge on any atom is 0.230 e. The van der Waals surface area contributed by atoms with E-state index in [9.17, 15) is 14.0 Å². The largest absolute Gasteiger partial charge is 0.358 e. The van der Waals surface area contributed by atoms with Crippen LogP contribution in [0, 0.1) is 5.82 Å². The van der Waals surface area contributed by atoms with Crippen LogP contribution in [-0.2, 0) is 4.79 Å². The fourth-order valence-electron chi connectivity index (χ4n) is 2.07. The third-order valence-corrected chi connectivity index (χ3v) is 3.00. The molecule has 0 amide bonds. The van der Waals surface area contributed by atoms with Crippen molar-refractivity contribution in [3.8, 4) is 11.5 Å². The van der Waals surface area contributed by atoms with Crippen LogP contribution < -0.4 is 0 Å². The molecule has 0 radical (unpaired) electrons. The highest BCUT2D eigenvalue weighted by Gasteiger charge is 2.22. The minimum Gasteiger partial charge on any atom is -0.358 e. The second kappa shape index (κ2) is 4.86. The molecule has 1 N–H and O–H groups in total. The summed E-state index contributed by atoms with van der Waals surface area (Å²) in [5.74, 6) is -1.81. The molecule has 0 atom stereocenters. The van der Waals surface area contributed by atoms with Gasteiger partial charge in [0.1, 0.15) is 5.69 Å². The number of Topliss-reactive ketones (excluding diaryl/α,β-unsaturated/α-hetero) is 2. The van der Waals surface area contributed by atoms with Crippen LogP contribution in [0.1, 0.15) is 17.3 Å². The molecule has 0 unspecified atom stereocenters. The maximum atomic E-state index is 14.0. The molecule has 0 aromatic carbocycles. The van der Waals surface area contributed by atoms with Crippen molar-refractivity contribution in [1.82, 2.24) is 19.9 Å². The van der Waals surface area contributed by atoms with Crippen LogP contribution in [0.5, 0.6) is 0 Å². The SMILES string of the molecule is CC(=O)C(=O)c1c[nH]c2c(-c3ncccn3)ncc(F)c12. The molecule has 0 aliphatic rings. The number of halogens is 1. The highest BCUT2D eigenvalue weighted by atomic mass is 19.1. The lowest BCUT2D eigenvalue weighted by Crippen LogP contribution is -2.09. The van der Waals surface area contributed by atoms with E-state index in [-0.39, 0.29) is 16.5 Å². The Morgan fingerprint density at radius 2 is 1.90 bits per heavy atom. The highest BCUT2D eigenvalue weighted by molar-refractivity contribution is 6.45. The molecule has 104 valence electrons. The van der Waals surface area contributed by atoms with E-state index in [0.29, 0.717) is 11.5 Å². The van der Waals surface area contributed by atoms with Crippen molar-refractivity contribution in [2.45, 2.75) is 6.92 Å². The molecular formula is C14H9FN4O2. The zero-order chi connectivity index (χ0) is 15.0. The predicted molar refractivity (Wildman–Crippen MR) is 72.1 cm³/mol. The van der Waals surface area contributed by atoms with Gasteiger partial charge in [0.05, 0.1) is 22.7 Å². The molecule has 0 spiro atoms. The van der Waals surface area contributed by atoms with Gasteiger partial charge in [0.2, 0.25) is 5.78 Å². The summed E-state index contributed by atoms with van der Waals surface area (Å²) >= 11 is 0. The van der Waals surface area contributed by atoms with E-state index in [4.69, 9.17) is 0 Å². The molecule has 3 aromatic heterocycles. The van der Waals surface area contributed by atoms with Crippen molar-refractivity contribution < 1.29 is 14.0 Å². The zero-order valence-electron chi connectivity index (χ0n) is 10.9. The van der Waals surface area contributed by atoms with Crippen LogP contribution in [0.25, 0.3) is 22.4 Å². The summed E-state index contributed by atoms with van der Waals surface area (Å²) in [6.07, 6.45) is 5.35. The fraction of sp³-hybridized carbons (Fsp3) is 0.0714. The first-order valence-electron chi connectivity index (χ1n) is 6.08. The Morgan fingerprint density at radius 3 is 2.57 bits per heavy atom. The van der Waals surface area contributed by atoms with E-state index >= 15 is 0 Å². The number of hydrogen-bond donors (Lipinski definition) is 1. The van der Waals surface area contributed by atoms with E-state index in [1.54, 1.807) is 6.07 Å². The van der Waals surface area contributed by atoms with Gasteiger partial charge < -0.3 is 4.98 Å². The van der Waals surface area contributed by atoms with Gasteiger partial charge in [-0.1, -0.05) is 0 Å². The minimum absolute atomic E-state index is 0.0189. The number of nitrogens with one attached hydrogen (secondary N) is 1. The molecule has 0 bridgehead atoms. The van der Waals surface area contributed by atoms with E-state index in [2.05, 4.69) is 19.9 Å². The molecule has 0 fully saturated rings. The Balaban J connectivity index is 2.30. The maximum absolute atomic E-state index is 14.0. The molecule has 0 aliphatic carbocycles. The average molecular weight is 284 g/mol. The van der Waals surface area contributed by atoms with Gasteiger partial charge in [0.15, 0.2) is 17.4 Å². The number of fused-ring (bicyclic) bond motifs is 1. The number of hydrogen-bond acceptors (Lipinski definition) is 5. The molecular weight excluding hydrogens is 275 g/mol.